The molecule has 0 saturated carbocycles. The van der Waals surface area contributed by atoms with Crippen LogP contribution in [-0.4, -0.2) is 30.6 Å². The highest BCUT2D eigenvalue weighted by molar-refractivity contribution is 7.99. The standard InChI is InChI=1S/C17H16N6O3S/c1-3-22-16(12-4-6-13(7-5-12)19-11(2)24)20-21-17(22)27-15-9-8-14(10-18-15)23(25)26/h4-10H,3H2,1-2H3,(H,19,24). The highest BCUT2D eigenvalue weighted by Crippen LogP contribution is 2.29. The van der Waals surface area contributed by atoms with Crippen LogP contribution >= 0.6 is 11.8 Å². The molecule has 0 saturated heterocycles. The van der Waals surface area contributed by atoms with E-state index < -0.39 is 4.92 Å². The zero-order valence-electron chi connectivity index (χ0n) is 14.6. The Morgan fingerprint density at radius 1 is 1.22 bits per heavy atom. The second-order valence-electron chi connectivity index (χ2n) is 5.52. The van der Waals surface area contributed by atoms with Crippen molar-refractivity contribution in [3.05, 3.63) is 52.7 Å². The zero-order valence-corrected chi connectivity index (χ0v) is 15.4. The largest absolute Gasteiger partial charge is 0.326 e. The molecule has 0 fully saturated rings. The number of rotatable bonds is 6. The van der Waals surface area contributed by atoms with Gasteiger partial charge in [0.05, 0.1) is 4.92 Å². The summed E-state index contributed by atoms with van der Waals surface area (Å²) in [5, 5.41) is 23.2. The monoisotopic (exact) mass is 384 g/mol. The van der Waals surface area contributed by atoms with Gasteiger partial charge in [-0.2, -0.15) is 0 Å². The quantitative estimate of drug-likeness (QED) is 0.511. The van der Waals surface area contributed by atoms with Gasteiger partial charge in [-0.05, 0) is 49.0 Å². The van der Waals surface area contributed by atoms with Crippen molar-refractivity contribution in [1.82, 2.24) is 19.7 Å². The van der Waals surface area contributed by atoms with Crippen molar-refractivity contribution in [2.24, 2.45) is 0 Å². The van der Waals surface area contributed by atoms with E-state index >= 15 is 0 Å². The third-order valence-corrected chi connectivity index (χ3v) is 4.56. The first-order valence-corrected chi connectivity index (χ1v) is 8.89. The van der Waals surface area contributed by atoms with E-state index in [2.05, 4.69) is 20.5 Å². The van der Waals surface area contributed by atoms with Crippen molar-refractivity contribution in [2.75, 3.05) is 5.32 Å². The Kier molecular flexibility index (Phi) is 5.46. The van der Waals surface area contributed by atoms with Gasteiger partial charge in [0.2, 0.25) is 5.91 Å². The molecule has 27 heavy (non-hydrogen) atoms. The number of nitrogens with zero attached hydrogens (tertiary/aromatic N) is 5. The number of carbonyl (C=O) groups is 1. The van der Waals surface area contributed by atoms with Crippen LogP contribution in [0.25, 0.3) is 11.4 Å². The summed E-state index contributed by atoms with van der Waals surface area (Å²) in [5.41, 5.74) is 1.51. The molecule has 138 valence electrons. The molecule has 0 atom stereocenters. The van der Waals surface area contributed by atoms with E-state index in [1.165, 1.54) is 30.9 Å². The first-order chi connectivity index (χ1) is 13.0. The van der Waals surface area contributed by atoms with Gasteiger partial charge in [0.1, 0.15) is 11.2 Å². The van der Waals surface area contributed by atoms with E-state index in [-0.39, 0.29) is 11.6 Å². The van der Waals surface area contributed by atoms with E-state index in [9.17, 15) is 14.9 Å². The lowest BCUT2D eigenvalue weighted by Gasteiger charge is -2.08. The van der Waals surface area contributed by atoms with E-state index in [0.717, 1.165) is 5.56 Å². The SMILES string of the molecule is CCn1c(Sc2ccc([N+](=O)[O-])cn2)nnc1-c1ccc(NC(C)=O)cc1. The van der Waals surface area contributed by atoms with E-state index in [1.54, 1.807) is 18.2 Å². The first kappa shape index (κ1) is 18.5. The van der Waals surface area contributed by atoms with Crippen molar-refractivity contribution >= 4 is 29.0 Å². The minimum atomic E-state index is -0.487. The van der Waals surface area contributed by atoms with Gasteiger partial charge in [0.25, 0.3) is 5.69 Å². The molecule has 1 N–H and O–H groups in total. The average Bonchev–Trinajstić information content (AvgIpc) is 3.05. The number of amides is 1. The summed E-state index contributed by atoms with van der Waals surface area (Å²) >= 11 is 1.28. The van der Waals surface area contributed by atoms with Gasteiger partial charge in [0, 0.05) is 30.8 Å². The Balaban J connectivity index is 1.84. The maximum atomic E-state index is 11.1. The fraction of sp³-hybridized carbons (Fsp3) is 0.176. The fourth-order valence-corrected chi connectivity index (χ4v) is 3.24. The molecule has 9 nitrogen and oxygen atoms in total. The maximum absolute atomic E-state index is 11.1. The number of hydrogen-bond donors (Lipinski definition) is 1. The molecule has 10 heteroatoms. The number of pyridine rings is 1. The molecule has 0 aliphatic rings. The number of aromatic nitrogens is 4. The minimum absolute atomic E-state index is 0.0590. The first-order valence-electron chi connectivity index (χ1n) is 8.07. The lowest BCUT2D eigenvalue weighted by atomic mass is 10.2. The fourth-order valence-electron chi connectivity index (χ4n) is 2.40. The average molecular weight is 384 g/mol. The molecule has 2 aromatic heterocycles. The highest BCUT2D eigenvalue weighted by atomic mass is 32.2. The van der Waals surface area contributed by atoms with Crippen LogP contribution in [0.4, 0.5) is 11.4 Å². The number of nitrogens with one attached hydrogen (secondary N) is 1. The Morgan fingerprint density at radius 3 is 2.52 bits per heavy atom. The summed E-state index contributed by atoms with van der Waals surface area (Å²) in [7, 11) is 0. The lowest BCUT2D eigenvalue weighted by Crippen LogP contribution is -2.05. The predicted octanol–water partition coefficient (Wildman–Crippen LogP) is 3.38. The van der Waals surface area contributed by atoms with E-state index in [1.807, 2.05) is 23.6 Å². The van der Waals surface area contributed by atoms with Crippen LogP contribution in [0.5, 0.6) is 0 Å². The second-order valence-corrected chi connectivity index (χ2v) is 6.51. The molecule has 0 radical (unpaired) electrons. The smallest absolute Gasteiger partial charge is 0.287 e. The maximum Gasteiger partial charge on any atom is 0.287 e. The van der Waals surface area contributed by atoms with Gasteiger partial charge in [-0.15, -0.1) is 10.2 Å². The number of hydrogen-bond acceptors (Lipinski definition) is 7. The summed E-state index contributed by atoms with van der Waals surface area (Å²) in [6.07, 6.45) is 1.22. The molecule has 3 aromatic rings. The molecule has 0 aliphatic carbocycles. The number of anilines is 1. The number of benzene rings is 1. The van der Waals surface area contributed by atoms with Crippen LogP contribution in [0, 0.1) is 10.1 Å². The van der Waals surface area contributed by atoms with Crippen LogP contribution in [-0.2, 0) is 11.3 Å². The molecule has 1 aromatic carbocycles. The Morgan fingerprint density at radius 2 is 1.96 bits per heavy atom. The molecule has 0 aliphatic heterocycles. The van der Waals surface area contributed by atoms with E-state index in [4.69, 9.17) is 0 Å². The Bertz CT molecular complexity index is 969. The normalized spacial score (nSPS) is 10.6. The highest BCUT2D eigenvalue weighted by Gasteiger charge is 2.15. The van der Waals surface area contributed by atoms with Gasteiger partial charge < -0.3 is 9.88 Å². The zero-order chi connectivity index (χ0) is 19.4. The summed E-state index contributed by atoms with van der Waals surface area (Å²) in [6, 6.07) is 10.3. The number of nitro groups is 1. The van der Waals surface area contributed by atoms with E-state index in [0.29, 0.717) is 28.2 Å². The van der Waals surface area contributed by atoms with Crippen molar-refractivity contribution in [3.8, 4) is 11.4 Å². The van der Waals surface area contributed by atoms with Crippen LogP contribution in [0.15, 0.2) is 52.8 Å². The molecular formula is C17H16N6O3S. The van der Waals surface area contributed by atoms with Crippen molar-refractivity contribution in [1.29, 1.82) is 0 Å². The summed E-state index contributed by atoms with van der Waals surface area (Å²) in [6.45, 7) is 4.08. The van der Waals surface area contributed by atoms with Crippen LogP contribution in [0.1, 0.15) is 13.8 Å². The van der Waals surface area contributed by atoms with Crippen LogP contribution in [0.3, 0.4) is 0 Å². The van der Waals surface area contributed by atoms with Gasteiger partial charge in [-0.25, -0.2) is 4.98 Å². The third kappa shape index (κ3) is 4.29. The molecule has 0 spiro atoms. The molecule has 2 heterocycles. The van der Waals surface area contributed by atoms with Gasteiger partial charge in [-0.3, -0.25) is 14.9 Å². The molecule has 0 unspecified atom stereocenters. The van der Waals surface area contributed by atoms with Gasteiger partial charge in [0.15, 0.2) is 11.0 Å². The topological polar surface area (TPSA) is 116 Å². The Labute approximate surface area is 159 Å². The van der Waals surface area contributed by atoms with Crippen molar-refractivity contribution < 1.29 is 9.72 Å². The Hall–Kier alpha value is -3.27. The lowest BCUT2D eigenvalue weighted by molar-refractivity contribution is -0.385. The second kappa shape index (κ2) is 7.96. The summed E-state index contributed by atoms with van der Waals surface area (Å²) in [4.78, 5) is 25.4. The molecule has 0 bridgehead atoms. The predicted molar refractivity (Wildman–Crippen MR) is 100 cm³/mol. The summed E-state index contributed by atoms with van der Waals surface area (Å²) in [5.74, 6) is 0.560. The minimum Gasteiger partial charge on any atom is -0.326 e. The van der Waals surface area contributed by atoms with Crippen LogP contribution < -0.4 is 5.32 Å². The third-order valence-electron chi connectivity index (χ3n) is 3.62. The van der Waals surface area contributed by atoms with Crippen molar-refractivity contribution in [2.45, 2.75) is 30.6 Å². The molecular weight excluding hydrogens is 368 g/mol. The van der Waals surface area contributed by atoms with Gasteiger partial charge >= 0.3 is 0 Å². The van der Waals surface area contributed by atoms with Crippen LogP contribution in [0.2, 0.25) is 0 Å². The molecule has 3 rings (SSSR count). The van der Waals surface area contributed by atoms with Gasteiger partial charge in [-0.1, -0.05) is 0 Å². The molecule has 1 amide bonds. The van der Waals surface area contributed by atoms with Crippen molar-refractivity contribution in [3.63, 3.8) is 0 Å². The summed E-state index contributed by atoms with van der Waals surface area (Å²) < 4.78 is 1.93. The number of carbonyl (C=O) groups excluding carboxylic acids is 1.